The van der Waals surface area contributed by atoms with E-state index in [2.05, 4.69) is 10.3 Å². The van der Waals surface area contributed by atoms with E-state index in [0.717, 1.165) is 10.6 Å². The average Bonchev–Trinajstić information content (AvgIpc) is 2.83. The first-order valence-electron chi connectivity index (χ1n) is 5.97. The quantitative estimate of drug-likeness (QED) is 0.583. The van der Waals surface area contributed by atoms with Gasteiger partial charge in [-0.2, -0.15) is 0 Å². The number of nitrogens with zero attached hydrogens (tertiary/aromatic N) is 1. The van der Waals surface area contributed by atoms with Crippen molar-refractivity contribution in [2.45, 2.75) is 11.8 Å². The van der Waals surface area contributed by atoms with E-state index in [1.165, 1.54) is 23.1 Å². The summed E-state index contributed by atoms with van der Waals surface area (Å²) < 4.78 is 0. The van der Waals surface area contributed by atoms with Gasteiger partial charge in [0.25, 0.3) is 5.91 Å². The van der Waals surface area contributed by atoms with Crippen molar-refractivity contribution in [3.05, 3.63) is 34.8 Å². The third kappa shape index (κ3) is 3.72. The lowest BCUT2D eigenvalue weighted by Crippen LogP contribution is -2.14. The van der Waals surface area contributed by atoms with Gasteiger partial charge in [-0.3, -0.25) is 10.1 Å². The molecule has 0 fully saturated rings. The Hall–Kier alpha value is -1.57. The Labute approximate surface area is 125 Å². The zero-order chi connectivity index (χ0) is 14.5. The van der Waals surface area contributed by atoms with Crippen LogP contribution in [0.1, 0.15) is 16.1 Å². The van der Waals surface area contributed by atoms with Crippen LogP contribution in [0.3, 0.4) is 0 Å². The van der Waals surface area contributed by atoms with Gasteiger partial charge in [0.1, 0.15) is 0 Å². The summed E-state index contributed by atoms with van der Waals surface area (Å²) in [6, 6.07) is 5.26. The minimum absolute atomic E-state index is 0.0922. The predicted molar refractivity (Wildman–Crippen MR) is 83.5 cm³/mol. The second-order valence-corrected chi connectivity index (χ2v) is 6.10. The fraction of sp³-hybridized carbons (Fsp3) is 0.231. The number of aryl methyl sites for hydroxylation is 1. The largest absolute Gasteiger partial charge is 0.398 e. The molecular formula is C13H15N3O2S2. The molecule has 0 aliphatic rings. The Balaban J connectivity index is 2.15. The summed E-state index contributed by atoms with van der Waals surface area (Å²) in [5.74, 6) is 0.305. The van der Waals surface area contributed by atoms with Crippen LogP contribution < -0.4 is 11.1 Å². The van der Waals surface area contributed by atoms with Crippen molar-refractivity contribution in [3.8, 4) is 0 Å². The molecule has 0 radical (unpaired) electrons. The van der Waals surface area contributed by atoms with Crippen molar-refractivity contribution in [1.29, 1.82) is 0 Å². The van der Waals surface area contributed by atoms with Crippen LogP contribution in [0.5, 0.6) is 0 Å². The lowest BCUT2D eigenvalue weighted by Gasteiger charge is -2.07. The molecule has 4 N–H and O–H groups in total. The molecule has 0 saturated carbocycles. The molecule has 1 heterocycles. The SMILES string of the molecule is Cc1csc(NC(=O)c2cc(SCCO)ccc2N)n1. The molecule has 20 heavy (non-hydrogen) atoms. The van der Waals surface area contributed by atoms with Crippen molar-refractivity contribution < 1.29 is 9.90 Å². The van der Waals surface area contributed by atoms with Crippen molar-refractivity contribution in [3.63, 3.8) is 0 Å². The number of carbonyl (C=O) groups excluding carboxylic acids is 1. The van der Waals surface area contributed by atoms with Crippen molar-refractivity contribution >= 4 is 39.8 Å². The van der Waals surface area contributed by atoms with E-state index in [-0.39, 0.29) is 12.5 Å². The van der Waals surface area contributed by atoms with Crippen LogP contribution in [-0.2, 0) is 0 Å². The Morgan fingerprint density at radius 1 is 1.55 bits per heavy atom. The third-order valence-corrected chi connectivity index (χ3v) is 4.32. The van der Waals surface area contributed by atoms with Gasteiger partial charge in [0.15, 0.2) is 5.13 Å². The van der Waals surface area contributed by atoms with Gasteiger partial charge in [-0.25, -0.2) is 4.98 Å². The molecule has 2 aromatic rings. The minimum atomic E-state index is -0.275. The Morgan fingerprint density at radius 2 is 2.35 bits per heavy atom. The van der Waals surface area contributed by atoms with E-state index < -0.39 is 0 Å². The fourth-order valence-electron chi connectivity index (χ4n) is 1.56. The maximum Gasteiger partial charge on any atom is 0.259 e. The number of carbonyl (C=O) groups is 1. The van der Waals surface area contributed by atoms with Crippen LogP contribution in [0.15, 0.2) is 28.5 Å². The zero-order valence-corrected chi connectivity index (χ0v) is 12.6. The molecule has 0 atom stereocenters. The van der Waals surface area contributed by atoms with Crippen LogP contribution in [0.4, 0.5) is 10.8 Å². The summed E-state index contributed by atoms with van der Waals surface area (Å²) in [6.07, 6.45) is 0. The molecule has 7 heteroatoms. The lowest BCUT2D eigenvalue weighted by atomic mass is 10.1. The molecule has 0 unspecified atom stereocenters. The molecule has 5 nitrogen and oxygen atoms in total. The maximum atomic E-state index is 12.2. The fourth-order valence-corrected chi connectivity index (χ4v) is 2.94. The number of amides is 1. The Kier molecular flexibility index (Phi) is 4.99. The highest BCUT2D eigenvalue weighted by Gasteiger charge is 2.12. The van der Waals surface area contributed by atoms with Gasteiger partial charge >= 0.3 is 0 Å². The molecule has 0 aliphatic heterocycles. The molecule has 1 amide bonds. The van der Waals surface area contributed by atoms with Crippen LogP contribution >= 0.6 is 23.1 Å². The number of aromatic nitrogens is 1. The third-order valence-electron chi connectivity index (χ3n) is 2.47. The molecule has 0 bridgehead atoms. The standard InChI is InChI=1S/C13H15N3O2S2/c1-8-7-20-13(15-8)16-12(18)10-6-9(19-5-4-17)2-3-11(10)14/h2-3,6-7,17H,4-5,14H2,1H3,(H,15,16,18). The zero-order valence-electron chi connectivity index (χ0n) is 10.9. The molecule has 106 valence electrons. The second-order valence-electron chi connectivity index (χ2n) is 4.07. The van der Waals surface area contributed by atoms with E-state index in [1.54, 1.807) is 12.1 Å². The van der Waals surface area contributed by atoms with Gasteiger partial charge in [0.2, 0.25) is 0 Å². The number of rotatable bonds is 5. The van der Waals surface area contributed by atoms with E-state index in [0.29, 0.717) is 22.1 Å². The number of aliphatic hydroxyl groups excluding tert-OH is 1. The van der Waals surface area contributed by atoms with Gasteiger partial charge in [0.05, 0.1) is 17.9 Å². The maximum absolute atomic E-state index is 12.2. The van der Waals surface area contributed by atoms with Gasteiger partial charge < -0.3 is 10.8 Å². The number of thiazole rings is 1. The lowest BCUT2D eigenvalue weighted by molar-refractivity contribution is 0.102. The van der Waals surface area contributed by atoms with Gasteiger partial charge in [-0.1, -0.05) is 0 Å². The van der Waals surface area contributed by atoms with E-state index in [9.17, 15) is 4.79 Å². The summed E-state index contributed by atoms with van der Waals surface area (Å²) in [6.45, 7) is 1.96. The highest BCUT2D eigenvalue weighted by Crippen LogP contribution is 2.24. The van der Waals surface area contributed by atoms with Gasteiger partial charge in [0, 0.05) is 21.7 Å². The first-order valence-corrected chi connectivity index (χ1v) is 7.83. The number of hydrogen-bond donors (Lipinski definition) is 3. The van der Waals surface area contributed by atoms with Gasteiger partial charge in [-0.15, -0.1) is 23.1 Å². The smallest absolute Gasteiger partial charge is 0.259 e. The van der Waals surface area contributed by atoms with Crippen molar-refractivity contribution in [1.82, 2.24) is 4.98 Å². The van der Waals surface area contributed by atoms with Crippen LogP contribution in [0.25, 0.3) is 0 Å². The highest BCUT2D eigenvalue weighted by molar-refractivity contribution is 7.99. The second kappa shape index (κ2) is 6.74. The predicted octanol–water partition coefficient (Wildman–Crippen LogP) is 2.37. The van der Waals surface area contributed by atoms with Crippen LogP contribution in [0.2, 0.25) is 0 Å². The monoisotopic (exact) mass is 309 g/mol. The molecule has 0 saturated heterocycles. The van der Waals surface area contributed by atoms with Crippen LogP contribution in [0, 0.1) is 6.92 Å². The molecule has 1 aromatic heterocycles. The Morgan fingerprint density at radius 3 is 3.00 bits per heavy atom. The number of aliphatic hydroxyl groups is 1. The summed E-state index contributed by atoms with van der Waals surface area (Å²) in [4.78, 5) is 17.3. The first kappa shape index (κ1) is 14.8. The number of thioether (sulfide) groups is 1. The number of hydrogen-bond acceptors (Lipinski definition) is 6. The number of nitrogens with one attached hydrogen (secondary N) is 1. The summed E-state index contributed by atoms with van der Waals surface area (Å²) in [5, 5.41) is 14.0. The molecule has 0 aliphatic carbocycles. The number of nitrogen functional groups attached to an aromatic ring is 1. The normalized spacial score (nSPS) is 10.5. The molecule has 1 aromatic carbocycles. The first-order chi connectivity index (χ1) is 9.60. The summed E-state index contributed by atoms with van der Waals surface area (Å²) in [5.41, 5.74) is 7.55. The van der Waals surface area contributed by atoms with Crippen molar-refractivity contribution in [2.75, 3.05) is 23.4 Å². The van der Waals surface area contributed by atoms with Crippen LogP contribution in [-0.4, -0.2) is 28.4 Å². The number of benzene rings is 1. The van der Waals surface area contributed by atoms with E-state index in [4.69, 9.17) is 10.8 Å². The Bertz CT molecular complexity index is 613. The average molecular weight is 309 g/mol. The number of nitrogens with two attached hydrogens (primary N) is 1. The molecule has 0 spiro atoms. The molecule has 2 rings (SSSR count). The molecular weight excluding hydrogens is 294 g/mol. The highest BCUT2D eigenvalue weighted by atomic mass is 32.2. The topological polar surface area (TPSA) is 88.2 Å². The van der Waals surface area contributed by atoms with Crippen molar-refractivity contribution in [2.24, 2.45) is 0 Å². The minimum Gasteiger partial charge on any atom is -0.398 e. The summed E-state index contributed by atoms with van der Waals surface area (Å²) in [7, 11) is 0. The van der Waals surface area contributed by atoms with Gasteiger partial charge in [-0.05, 0) is 25.1 Å². The number of anilines is 2. The van der Waals surface area contributed by atoms with E-state index >= 15 is 0 Å². The summed E-state index contributed by atoms with van der Waals surface area (Å²) >= 11 is 2.85. The van der Waals surface area contributed by atoms with E-state index in [1.807, 2.05) is 18.4 Å².